The number of imidazole rings is 1. The largest absolute Gasteiger partial charge is 0.462 e. The number of aromatic amines is 1. The van der Waals surface area contributed by atoms with Gasteiger partial charge in [-0.3, -0.25) is 14.7 Å². The molecule has 10 nitrogen and oxygen atoms in total. The van der Waals surface area contributed by atoms with E-state index >= 15 is 0 Å². The number of hydrogen-bond acceptors (Lipinski definition) is 7. The first-order chi connectivity index (χ1) is 16.1. The minimum atomic E-state index is -0.578. The second kappa shape index (κ2) is 10.1. The van der Waals surface area contributed by atoms with Gasteiger partial charge in [-0.15, -0.1) is 0 Å². The number of nitrogens with zero attached hydrogens (tertiary/aromatic N) is 4. The molecule has 0 saturated carbocycles. The molecule has 0 aliphatic carbocycles. The Labute approximate surface area is 200 Å². The Morgan fingerprint density at radius 1 is 1.24 bits per heavy atom. The molecule has 0 fully saturated rings. The molecular weight excluding hydrogens is 465 g/mol. The van der Waals surface area contributed by atoms with E-state index in [2.05, 4.69) is 30.7 Å². The van der Waals surface area contributed by atoms with Gasteiger partial charge in [-0.1, -0.05) is 11.6 Å². The third kappa shape index (κ3) is 5.43. The molecule has 3 N–H and O–H groups in total. The maximum Gasteiger partial charge on any atom is 0.293 e. The minimum Gasteiger partial charge on any atom is -0.462 e. The van der Waals surface area contributed by atoms with E-state index in [1.54, 1.807) is 54.2 Å². The standard InChI is InChI=1S/C17H15ClFN7O.C5H10O2/c1-25(2)24-17-15(19)14(18)13(10-5-21-23-16(10)17)9-3-4-12-22-11(20-8-27)7-26(12)6-9;1-5(2,3)7-4-6/h3-8,24H,1-2H3,(H,20,27)(H,21,23);4H,1-3H3. The van der Waals surface area contributed by atoms with Crippen LogP contribution in [-0.4, -0.2) is 57.2 Å². The number of halogens is 2. The zero-order valence-electron chi connectivity index (χ0n) is 19.3. The highest BCUT2D eigenvalue weighted by Crippen LogP contribution is 2.41. The number of fused-ring (bicyclic) bond motifs is 2. The number of ether oxygens (including phenoxy) is 1. The van der Waals surface area contributed by atoms with E-state index in [9.17, 15) is 14.0 Å². The Balaban J connectivity index is 0.000000406. The third-order valence-corrected chi connectivity index (χ3v) is 4.83. The number of carbonyl (C=O) groups is 2. The third-order valence-electron chi connectivity index (χ3n) is 4.47. The highest BCUT2D eigenvalue weighted by molar-refractivity contribution is 6.36. The van der Waals surface area contributed by atoms with Gasteiger partial charge in [0, 0.05) is 36.8 Å². The van der Waals surface area contributed by atoms with E-state index in [0.717, 1.165) is 0 Å². The average molecular weight is 490 g/mol. The number of hydrazine groups is 1. The maximum atomic E-state index is 15.0. The molecule has 0 bridgehead atoms. The molecule has 180 valence electrons. The van der Waals surface area contributed by atoms with E-state index in [4.69, 9.17) is 11.6 Å². The van der Waals surface area contributed by atoms with Crippen LogP contribution in [0.1, 0.15) is 20.8 Å². The Hall–Kier alpha value is -3.70. The first kappa shape index (κ1) is 24.9. The van der Waals surface area contributed by atoms with Gasteiger partial charge in [0.1, 0.15) is 16.9 Å². The lowest BCUT2D eigenvalue weighted by atomic mass is 10.0. The lowest BCUT2D eigenvalue weighted by molar-refractivity contribution is -0.138. The van der Waals surface area contributed by atoms with Crippen molar-refractivity contribution in [1.82, 2.24) is 24.6 Å². The van der Waals surface area contributed by atoms with Crippen molar-refractivity contribution < 1.29 is 18.7 Å². The van der Waals surface area contributed by atoms with Crippen molar-refractivity contribution >= 4 is 52.5 Å². The summed E-state index contributed by atoms with van der Waals surface area (Å²) in [5.41, 5.74) is 5.16. The molecule has 34 heavy (non-hydrogen) atoms. The van der Waals surface area contributed by atoms with Gasteiger partial charge in [0.25, 0.3) is 6.47 Å². The zero-order chi connectivity index (χ0) is 25.0. The summed E-state index contributed by atoms with van der Waals surface area (Å²) in [7, 11) is 3.50. The summed E-state index contributed by atoms with van der Waals surface area (Å²) >= 11 is 6.40. The number of carbonyl (C=O) groups excluding carboxylic acids is 2. The summed E-state index contributed by atoms with van der Waals surface area (Å²) in [6, 6.07) is 3.55. The fourth-order valence-electron chi connectivity index (χ4n) is 3.14. The SMILES string of the molecule is CC(C)(C)OC=O.CN(C)Nc1c(F)c(Cl)c(-c2ccc3nc(NC=O)cn3c2)c2cn[nH]c12. The average Bonchev–Trinajstić information content (AvgIpc) is 3.37. The molecule has 0 atom stereocenters. The zero-order valence-corrected chi connectivity index (χ0v) is 20.1. The highest BCUT2D eigenvalue weighted by Gasteiger charge is 2.22. The van der Waals surface area contributed by atoms with Gasteiger partial charge < -0.3 is 19.9 Å². The Bertz CT molecular complexity index is 1330. The Morgan fingerprint density at radius 2 is 1.97 bits per heavy atom. The molecule has 1 amide bonds. The van der Waals surface area contributed by atoms with E-state index in [1.165, 1.54) is 0 Å². The molecule has 4 aromatic rings. The number of anilines is 2. The van der Waals surface area contributed by atoms with Crippen LogP contribution in [0.3, 0.4) is 0 Å². The van der Waals surface area contributed by atoms with Crippen LogP contribution in [0.2, 0.25) is 5.02 Å². The van der Waals surface area contributed by atoms with Crippen molar-refractivity contribution in [2.24, 2.45) is 0 Å². The molecule has 0 aliphatic heterocycles. The van der Waals surface area contributed by atoms with Gasteiger partial charge in [-0.2, -0.15) is 5.10 Å². The van der Waals surface area contributed by atoms with Crippen molar-refractivity contribution in [3.05, 3.63) is 41.6 Å². The summed E-state index contributed by atoms with van der Waals surface area (Å²) in [5, 5.41) is 11.7. The number of aromatic nitrogens is 4. The second-order valence-electron chi connectivity index (χ2n) is 8.44. The Morgan fingerprint density at radius 3 is 2.56 bits per heavy atom. The summed E-state index contributed by atoms with van der Waals surface area (Å²) in [5.74, 6) is -0.162. The molecule has 3 aromatic heterocycles. The molecular formula is C22H25ClFN7O3. The fraction of sp³-hybridized carbons (Fsp3) is 0.273. The van der Waals surface area contributed by atoms with Crippen LogP contribution in [0.5, 0.6) is 0 Å². The molecule has 3 heterocycles. The highest BCUT2D eigenvalue weighted by atomic mass is 35.5. The topological polar surface area (TPSA) is 117 Å². The monoisotopic (exact) mass is 489 g/mol. The first-order valence-electron chi connectivity index (χ1n) is 10.1. The molecule has 0 unspecified atom stereocenters. The van der Waals surface area contributed by atoms with Crippen LogP contribution in [0.25, 0.3) is 27.7 Å². The Kier molecular flexibility index (Phi) is 7.38. The predicted molar refractivity (Wildman–Crippen MR) is 129 cm³/mol. The summed E-state index contributed by atoms with van der Waals surface area (Å²) in [4.78, 5) is 24.5. The van der Waals surface area contributed by atoms with Gasteiger partial charge in [0.15, 0.2) is 11.6 Å². The lowest BCUT2D eigenvalue weighted by Gasteiger charge is -2.17. The van der Waals surface area contributed by atoms with Crippen molar-refractivity contribution in [3.63, 3.8) is 0 Å². The molecule has 0 spiro atoms. The molecule has 4 rings (SSSR count). The quantitative estimate of drug-likeness (QED) is 0.276. The van der Waals surface area contributed by atoms with Crippen molar-refractivity contribution in [3.8, 4) is 11.1 Å². The van der Waals surface area contributed by atoms with E-state index in [-0.39, 0.29) is 16.3 Å². The van der Waals surface area contributed by atoms with E-state index in [0.29, 0.717) is 46.4 Å². The minimum absolute atomic E-state index is 0.0149. The number of rotatable bonds is 6. The van der Waals surface area contributed by atoms with Crippen LogP contribution >= 0.6 is 11.6 Å². The van der Waals surface area contributed by atoms with E-state index in [1.807, 2.05) is 20.8 Å². The van der Waals surface area contributed by atoms with Crippen LogP contribution in [-0.2, 0) is 14.3 Å². The molecule has 0 radical (unpaired) electrons. The molecule has 0 saturated heterocycles. The number of nitrogens with one attached hydrogen (secondary N) is 3. The molecule has 1 aromatic carbocycles. The van der Waals surface area contributed by atoms with Crippen molar-refractivity contribution in [2.45, 2.75) is 26.4 Å². The van der Waals surface area contributed by atoms with Crippen molar-refractivity contribution in [2.75, 3.05) is 24.8 Å². The van der Waals surface area contributed by atoms with Crippen LogP contribution < -0.4 is 10.7 Å². The number of benzene rings is 1. The van der Waals surface area contributed by atoms with Crippen LogP contribution in [0, 0.1) is 5.82 Å². The van der Waals surface area contributed by atoms with Gasteiger partial charge in [-0.25, -0.2) is 14.4 Å². The first-order valence-corrected chi connectivity index (χ1v) is 10.5. The molecule has 12 heteroatoms. The summed E-state index contributed by atoms with van der Waals surface area (Å²) in [6.45, 7) is 5.92. The number of H-pyrrole nitrogens is 1. The van der Waals surface area contributed by atoms with E-state index < -0.39 is 5.82 Å². The van der Waals surface area contributed by atoms with Gasteiger partial charge in [0.2, 0.25) is 6.41 Å². The number of hydrogen-bond donors (Lipinski definition) is 3. The number of pyridine rings is 1. The summed E-state index contributed by atoms with van der Waals surface area (Å²) < 4.78 is 21.3. The normalized spacial score (nSPS) is 11.3. The summed E-state index contributed by atoms with van der Waals surface area (Å²) in [6.07, 6.45) is 5.59. The molecule has 0 aliphatic rings. The van der Waals surface area contributed by atoms with Gasteiger partial charge >= 0.3 is 0 Å². The second-order valence-corrected chi connectivity index (χ2v) is 8.82. The van der Waals surface area contributed by atoms with Crippen LogP contribution in [0.4, 0.5) is 15.9 Å². The maximum absolute atomic E-state index is 15.0. The van der Waals surface area contributed by atoms with Gasteiger partial charge in [-0.05, 0) is 32.9 Å². The predicted octanol–water partition coefficient (Wildman–Crippen LogP) is 4.08. The smallest absolute Gasteiger partial charge is 0.293 e. The van der Waals surface area contributed by atoms with Crippen molar-refractivity contribution in [1.29, 1.82) is 0 Å². The fourth-order valence-corrected chi connectivity index (χ4v) is 3.44. The number of amides is 1. The van der Waals surface area contributed by atoms with Crippen LogP contribution in [0.15, 0.2) is 30.7 Å². The van der Waals surface area contributed by atoms with Gasteiger partial charge in [0.05, 0.1) is 22.9 Å². The lowest BCUT2D eigenvalue weighted by Crippen LogP contribution is -2.20.